The number of fused-ring (bicyclic) bond motifs is 3. The summed E-state index contributed by atoms with van der Waals surface area (Å²) in [5, 5.41) is 14.1. The molecular formula is C27H26N2O6. The Bertz CT molecular complexity index is 1180. The second-order valence-corrected chi connectivity index (χ2v) is 8.33. The van der Waals surface area contributed by atoms with Gasteiger partial charge in [-0.15, -0.1) is 0 Å². The largest absolute Gasteiger partial charge is 0.482 e. The Morgan fingerprint density at radius 1 is 0.914 bits per heavy atom. The fourth-order valence-corrected chi connectivity index (χ4v) is 4.16. The first-order valence-corrected chi connectivity index (χ1v) is 11.3. The Kier molecular flexibility index (Phi) is 7.30. The van der Waals surface area contributed by atoms with E-state index >= 15 is 0 Å². The lowest BCUT2D eigenvalue weighted by Gasteiger charge is -2.17. The van der Waals surface area contributed by atoms with Crippen LogP contribution >= 0.6 is 0 Å². The molecule has 3 N–H and O–H groups in total. The molecule has 8 heteroatoms. The molecule has 35 heavy (non-hydrogen) atoms. The van der Waals surface area contributed by atoms with Gasteiger partial charge in [0, 0.05) is 24.1 Å². The fourth-order valence-electron chi connectivity index (χ4n) is 4.16. The quantitative estimate of drug-likeness (QED) is 0.423. The second-order valence-electron chi connectivity index (χ2n) is 8.33. The Morgan fingerprint density at radius 3 is 2.11 bits per heavy atom. The molecule has 0 heterocycles. The second kappa shape index (κ2) is 10.7. The smallest absolute Gasteiger partial charge is 0.407 e. The molecule has 4 rings (SSSR count). The molecule has 0 spiro atoms. The summed E-state index contributed by atoms with van der Waals surface area (Å²) in [6, 6.07) is 22.1. The van der Waals surface area contributed by atoms with Crippen molar-refractivity contribution in [1.29, 1.82) is 0 Å². The minimum Gasteiger partial charge on any atom is -0.482 e. The zero-order valence-corrected chi connectivity index (χ0v) is 19.2. The number of carbonyl (C=O) groups excluding carboxylic acids is 2. The first-order valence-electron chi connectivity index (χ1n) is 11.3. The minimum atomic E-state index is -1.07. The molecule has 1 aliphatic carbocycles. The predicted molar refractivity (Wildman–Crippen MR) is 130 cm³/mol. The third-order valence-corrected chi connectivity index (χ3v) is 5.70. The van der Waals surface area contributed by atoms with Crippen molar-refractivity contribution in [1.82, 2.24) is 5.32 Å². The van der Waals surface area contributed by atoms with Crippen LogP contribution in [0.2, 0.25) is 0 Å². The van der Waals surface area contributed by atoms with Crippen molar-refractivity contribution < 1.29 is 29.0 Å². The van der Waals surface area contributed by atoms with Gasteiger partial charge < -0.3 is 25.2 Å². The summed E-state index contributed by atoms with van der Waals surface area (Å²) in [5.74, 6) is -0.999. The third-order valence-electron chi connectivity index (χ3n) is 5.70. The number of carbonyl (C=O) groups is 3. The van der Waals surface area contributed by atoms with E-state index in [0.717, 1.165) is 22.3 Å². The number of alkyl carbamates (subject to hydrolysis) is 1. The summed E-state index contributed by atoms with van der Waals surface area (Å²) in [6.45, 7) is 1.49. The van der Waals surface area contributed by atoms with Crippen LogP contribution in [-0.2, 0) is 14.3 Å². The lowest BCUT2D eigenvalue weighted by Crippen LogP contribution is -2.36. The van der Waals surface area contributed by atoms with E-state index in [-0.39, 0.29) is 24.9 Å². The summed E-state index contributed by atoms with van der Waals surface area (Å²) in [5.41, 5.74) is 5.11. The van der Waals surface area contributed by atoms with E-state index < -0.39 is 24.7 Å². The van der Waals surface area contributed by atoms with Crippen molar-refractivity contribution in [2.75, 3.05) is 18.5 Å². The van der Waals surface area contributed by atoms with Crippen LogP contribution in [0, 0.1) is 0 Å². The van der Waals surface area contributed by atoms with E-state index in [1.807, 2.05) is 24.3 Å². The molecular weight excluding hydrogens is 448 g/mol. The lowest BCUT2D eigenvalue weighted by molar-refractivity contribution is -0.139. The number of carboxylic acids is 1. The van der Waals surface area contributed by atoms with Crippen LogP contribution in [0.25, 0.3) is 11.1 Å². The fraction of sp³-hybridized carbons (Fsp3) is 0.222. The molecule has 0 saturated carbocycles. The highest BCUT2D eigenvalue weighted by molar-refractivity contribution is 5.91. The highest BCUT2D eigenvalue weighted by Crippen LogP contribution is 2.44. The van der Waals surface area contributed by atoms with Crippen LogP contribution in [0.1, 0.15) is 30.4 Å². The molecule has 0 aliphatic heterocycles. The Morgan fingerprint density at radius 2 is 1.51 bits per heavy atom. The van der Waals surface area contributed by atoms with Gasteiger partial charge in [0.05, 0.1) is 0 Å². The zero-order chi connectivity index (χ0) is 24.8. The molecule has 8 nitrogen and oxygen atoms in total. The van der Waals surface area contributed by atoms with Gasteiger partial charge in [0.2, 0.25) is 5.91 Å². The van der Waals surface area contributed by atoms with Crippen molar-refractivity contribution in [2.24, 2.45) is 0 Å². The van der Waals surface area contributed by atoms with Crippen LogP contribution in [0.4, 0.5) is 10.5 Å². The highest BCUT2D eigenvalue weighted by Gasteiger charge is 2.29. The maximum atomic E-state index is 12.4. The molecule has 3 aromatic carbocycles. The van der Waals surface area contributed by atoms with E-state index in [0.29, 0.717) is 11.4 Å². The Labute approximate surface area is 202 Å². The molecule has 180 valence electrons. The maximum absolute atomic E-state index is 12.4. The van der Waals surface area contributed by atoms with E-state index in [2.05, 4.69) is 34.9 Å². The van der Waals surface area contributed by atoms with E-state index in [9.17, 15) is 14.4 Å². The van der Waals surface area contributed by atoms with Crippen LogP contribution < -0.4 is 15.4 Å². The normalized spacial score (nSPS) is 12.7. The van der Waals surface area contributed by atoms with Gasteiger partial charge in [-0.05, 0) is 53.4 Å². The number of amides is 2. The first kappa shape index (κ1) is 23.8. The van der Waals surface area contributed by atoms with Crippen molar-refractivity contribution in [3.05, 3.63) is 83.9 Å². The average molecular weight is 475 g/mol. The number of aliphatic carboxylic acids is 1. The van der Waals surface area contributed by atoms with Crippen LogP contribution in [0.5, 0.6) is 5.75 Å². The maximum Gasteiger partial charge on any atom is 0.407 e. The summed E-state index contributed by atoms with van der Waals surface area (Å²) < 4.78 is 10.6. The Balaban J connectivity index is 1.25. The molecule has 0 saturated heterocycles. The van der Waals surface area contributed by atoms with E-state index in [1.165, 1.54) is 0 Å². The van der Waals surface area contributed by atoms with Gasteiger partial charge in [0.25, 0.3) is 0 Å². The molecule has 0 fully saturated rings. The summed E-state index contributed by atoms with van der Waals surface area (Å²) in [4.78, 5) is 35.3. The van der Waals surface area contributed by atoms with Crippen molar-refractivity contribution >= 4 is 23.7 Å². The lowest BCUT2D eigenvalue weighted by atomic mass is 9.98. The summed E-state index contributed by atoms with van der Waals surface area (Å²) in [7, 11) is 0. The number of nitrogens with one attached hydrogen (secondary N) is 2. The van der Waals surface area contributed by atoms with Gasteiger partial charge >= 0.3 is 12.1 Å². The number of anilines is 1. The van der Waals surface area contributed by atoms with Gasteiger partial charge in [0.1, 0.15) is 12.4 Å². The van der Waals surface area contributed by atoms with Gasteiger partial charge in [-0.1, -0.05) is 48.5 Å². The van der Waals surface area contributed by atoms with Gasteiger partial charge in [-0.3, -0.25) is 4.79 Å². The molecule has 3 aromatic rings. The van der Waals surface area contributed by atoms with Crippen molar-refractivity contribution in [2.45, 2.75) is 25.3 Å². The molecule has 0 aromatic heterocycles. The molecule has 0 radical (unpaired) electrons. The average Bonchev–Trinajstić information content (AvgIpc) is 3.16. The number of rotatable bonds is 9. The van der Waals surface area contributed by atoms with Gasteiger partial charge in [0.15, 0.2) is 6.61 Å². The van der Waals surface area contributed by atoms with Crippen LogP contribution in [-0.4, -0.2) is 42.3 Å². The van der Waals surface area contributed by atoms with Gasteiger partial charge in [-0.25, -0.2) is 9.59 Å². The Hall–Kier alpha value is -4.33. The number of benzene rings is 3. The van der Waals surface area contributed by atoms with E-state index in [4.69, 9.17) is 14.6 Å². The standard InChI is InChI=1S/C27H26N2O6/c1-17(14-25(30)29-18-10-12-19(13-11-18)34-16-26(31)32)28-27(33)35-15-24-22-8-4-2-6-20(22)21-7-3-5-9-23(21)24/h2-13,17,24H,14-16H2,1H3,(H,28,33)(H,29,30)(H,31,32). The summed E-state index contributed by atoms with van der Waals surface area (Å²) in [6.07, 6.45) is -0.520. The molecule has 1 atom stereocenters. The van der Waals surface area contributed by atoms with E-state index in [1.54, 1.807) is 31.2 Å². The monoisotopic (exact) mass is 474 g/mol. The number of carboxylic acid groups (broad SMARTS) is 1. The highest BCUT2D eigenvalue weighted by atomic mass is 16.5. The van der Waals surface area contributed by atoms with Crippen LogP contribution in [0.3, 0.4) is 0 Å². The first-order chi connectivity index (χ1) is 16.9. The molecule has 0 bridgehead atoms. The summed E-state index contributed by atoms with van der Waals surface area (Å²) >= 11 is 0. The number of hydrogen-bond donors (Lipinski definition) is 3. The van der Waals surface area contributed by atoms with Crippen molar-refractivity contribution in [3.8, 4) is 16.9 Å². The minimum absolute atomic E-state index is 0.0331. The molecule has 1 unspecified atom stereocenters. The molecule has 1 aliphatic rings. The van der Waals surface area contributed by atoms with Gasteiger partial charge in [-0.2, -0.15) is 0 Å². The SMILES string of the molecule is CC(CC(=O)Nc1ccc(OCC(=O)O)cc1)NC(=O)OCC1c2ccccc2-c2ccccc21. The number of ether oxygens (including phenoxy) is 2. The number of hydrogen-bond acceptors (Lipinski definition) is 5. The predicted octanol–water partition coefficient (Wildman–Crippen LogP) is 4.41. The van der Waals surface area contributed by atoms with Crippen molar-refractivity contribution in [3.63, 3.8) is 0 Å². The zero-order valence-electron chi connectivity index (χ0n) is 19.2. The topological polar surface area (TPSA) is 114 Å². The molecule has 2 amide bonds. The third kappa shape index (κ3) is 5.97. The van der Waals surface area contributed by atoms with Crippen LogP contribution in [0.15, 0.2) is 72.8 Å².